The van der Waals surface area contributed by atoms with Gasteiger partial charge in [-0.1, -0.05) is 6.07 Å². The highest BCUT2D eigenvalue weighted by molar-refractivity contribution is 9.10. The second-order valence-electron chi connectivity index (χ2n) is 4.21. The van der Waals surface area contributed by atoms with Crippen LogP contribution in [0.2, 0.25) is 0 Å². The summed E-state index contributed by atoms with van der Waals surface area (Å²) >= 11 is 3.38. The number of hydrogen-bond donors (Lipinski definition) is 2. The smallest absolute Gasteiger partial charge is 0.249 e. The van der Waals surface area contributed by atoms with Gasteiger partial charge in [0.25, 0.3) is 0 Å². The zero-order valence-corrected chi connectivity index (χ0v) is 12.1. The lowest BCUT2D eigenvalue weighted by atomic mass is 10.1. The average molecular weight is 320 g/mol. The molecule has 0 fully saturated rings. The van der Waals surface area contributed by atoms with Gasteiger partial charge < -0.3 is 11.1 Å². The van der Waals surface area contributed by atoms with Gasteiger partial charge in [0.05, 0.1) is 0 Å². The molecule has 1 aromatic heterocycles. The molecule has 2 rings (SSSR count). The highest BCUT2D eigenvalue weighted by Crippen LogP contribution is 2.19. The zero-order chi connectivity index (χ0) is 13.8. The molecule has 4 nitrogen and oxygen atoms in total. The van der Waals surface area contributed by atoms with Gasteiger partial charge in [-0.25, -0.2) is 0 Å². The standard InChI is InChI=1S/C14H14BrN3O/c1-9-12(14(16)19)3-2-4-13(9)18-7-10-5-11(15)8-17-6-10/h2-6,8,18H,7H2,1H3,(H2,16,19). The molecule has 1 heterocycles. The van der Waals surface area contributed by atoms with Crippen LogP contribution in [0.3, 0.4) is 0 Å². The van der Waals surface area contributed by atoms with Gasteiger partial charge in [0.2, 0.25) is 5.91 Å². The second-order valence-corrected chi connectivity index (χ2v) is 5.12. The van der Waals surface area contributed by atoms with Gasteiger partial charge in [0.1, 0.15) is 0 Å². The maximum Gasteiger partial charge on any atom is 0.249 e. The normalized spacial score (nSPS) is 10.2. The van der Waals surface area contributed by atoms with Crippen molar-refractivity contribution in [2.45, 2.75) is 13.5 Å². The van der Waals surface area contributed by atoms with E-state index in [2.05, 4.69) is 26.2 Å². The number of carbonyl (C=O) groups excluding carboxylic acids is 1. The third kappa shape index (κ3) is 3.32. The molecular formula is C14H14BrN3O. The summed E-state index contributed by atoms with van der Waals surface area (Å²) in [5.74, 6) is -0.412. The summed E-state index contributed by atoms with van der Waals surface area (Å²) in [5, 5.41) is 3.28. The number of carbonyl (C=O) groups is 1. The topological polar surface area (TPSA) is 68.0 Å². The van der Waals surface area contributed by atoms with Crippen molar-refractivity contribution in [3.63, 3.8) is 0 Å². The molecule has 3 N–H and O–H groups in total. The molecule has 0 aliphatic carbocycles. The molecule has 0 unspecified atom stereocenters. The minimum atomic E-state index is -0.412. The van der Waals surface area contributed by atoms with Crippen molar-refractivity contribution in [1.82, 2.24) is 4.98 Å². The number of nitrogens with two attached hydrogens (primary N) is 1. The van der Waals surface area contributed by atoms with Gasteiger partial charge in [0, 0.05) is 34.7 Å². The molecule has 0 atom stereocenters. The van der Waals surface area contributed by atoms with Gasteiger partial charge in [-0.05, 0) is 52.2 Å². The van der Waals surface area contributed by atoms with Crippen molar-refractivity contribution in [3.8, 4) is 0 Å². The van der Waals surface area contributed by atoms with E-state index < -0.39 is 5.91 Å². The highest BCUT2D eigenvalue weighted by atomic mass is 79.9. The Balaban J connectivity index is 2.16. The summed E-state index contributed by atoms with van der Waals surface area (Å²) in [5.41, 5.74) is 8.68. The van der Waals surface area contributed by atoms with Gasteiger partial charge in [0.15, 0.2) is 0 Å². The molecule has 0 aliphatic rings. The van der Waals surface area contributed by atoms with E-state index in [1.807, 2.05) is 25.1 Å². The van der Waals surface area contributed by atoms with E-state index in [-0.39, 0.29) is 0 Å². The van der Waals surface area contributed by atoms with Gasteiger partial charge in [-0.15, -0.1) is 0 Å². The van der Waals surface area contributed by atoms with Crippen molar-refractivity contribution < 1.29 is 4.79 Å². The summed E-state index contributed by atoms with van der Waals surface area (Å²) in [4.78, 5) is 15.4. The Morgan fingerprint density at radius 1 is 1.42 bits per heavy atom. The van der Waals surface area contributed by atoms with Crippen LogP contribution in [0.1, 0.15) is 21.5 Å². The third-order valence-corrected chi connectivity index (χ3v) is 3.28. The molecule has 5 heteroatoms. The Bertz CT molecular complexity index is 613. The maximum atomic E-state index is 11.3. The number of benzene rings is 1. The SMILES string of the molecule is Cc1c(NCc2cncc(Br)c2)cccc1C(N)=O. The van der Waals surface area contributed by atoms with E-state index in [4.69, 9.17) is 5.73 Å². The van der Waals surface area contributed by atoms with Crippen LogP contribution in [-0.2, 0) is 6.54 Å². The number of anilines is 1. The fraction of sp³-hybridized carbons (Fsp3) is 0.143. The molecule has 0 radical (unpaired) electrons. The minimum absolute atomic E-state index is 0.412. The van der Waals surface area contributed by atoms with Crippen LogP contribution in [0, 0.1) is 6.92 Å². The first-order valence-electron chi connectivity index (χ1n) is 5.80. The molecule has 98 valence electrons. The Hall–Kier alpha value is -1.88. The van der Waals surface area contributed by atoms with E-state index in [9.17, 15) is 4.79 Å². The Kier molecular flexibility index (Phi) is 4.16. The number of nitrogens with zero attached hydrogens (tertiary/aromatic N) is 1. The van der Waals surface area contributed by atoms with Gasteiger partial charge >= 0.3 is 0 Å². The van der Waals surface area contributed by atoms with Crippen molar-refractivity contribution in [1.29, 1.82) is 0 Å². The molecule has 1 amide bonds. The Labute approximate surface area is 120 Å². The number of rotatable bonds is 4. The Morgan fingerprint density at radius 2 is 2.21 bits per heavy atom. The number of halogens is 1. The summed E-state index contributed by atoms with van der Waals surface area (Å²) in [6, 6.07) is 7.46. The number of primary amides is 1. The predicted molar refractivity (Wildman–Crippen MR) is 79.0 cm³/mol. The highest BCUT2D eigenvalue weighted by Gasteiger charge is 2.08. The molecule has 0 aliphatic heterocycles. The molecule has 0 saturated heterocycles. The number of nitrogens with one attached hydrogen (secondary N) is 1. The second kappa shape index (κ2) is 5.84. The fourth-order valence-electron chi connectivity index (χ4n) is 1.84. The molecule has 0 spiro atoms. The lowest BCUT2D eigenvalue weighted by molar-refractivity contribution is 0.1000. The lowest BCUT2D eigenvalue weighted by Gasteiger charge is -2.11. The first-order chi connectivity index (χ1) is 9.08. The van der Waals surface area contributed by atoms with Crippen LogP contribution in [0.25, 0.3) is 0 Å². The van der Waals surface area contributed by atoms with Gasteiger partial charge in [-0.2, -0.15) is 0 Å². The lowest BCUT2D eigenvalue weighted by Crippen LogP contribution is -2.13. The number of amides is 1. The zero-order valence-electron chi connectivity index (χ0n) is 10.5. The Morgan fingerprint density at radius 3 is 2.89 bits per heavy atom. The quantitative estimate of drug-likeness (QED) is 0.910. The first-order valence-corrected chi connectivity index (χ1v) is 6.60. The summed E-state index contributed by atoms with van der Waals surface area (Å²) in [6.45, 7) is 2.51. The van der Waals surface area contributed by atoms with Crippen LogP contribution in [-0.4, -0.2) is 10.9 Å². The molecule has 1 aromatic carbocycles. The van der Waals surface area contributed by atoms with E-state index >= 15 is 0 Å². The van der Waals surface area contributed by atoms with Crippen LogP contribution in [0.15, 0.2) is 41.1 Å². The average Bonchev–Trinajstić information content (AvgIpc) is 2.37. The number of aromatic nitrogens is 1. The van der Waals surface area contributed by atoms with Crippen LogP contribution in [0.5, 0.6) is 0 Å². The number of hydrogen-bond acceptors (Lipinski definition) is 3. The van der Waals surface area contributed by atoms with E-state index in [1.165, 1.54) is 0 Å². The monoisotopic (exact) mass is 319 g/mol. The predicted octanol–water partition coefficient (Wildman–Crippen LogP) is 2.86. The molecule has 19 heavy (non-hydrogen) atoms. The van der Waals surface area contributed by atoms with Crippen LogP contribution in [0.4, 0.5) is 5.69 Å². The summed E-state index contributed by atoms with van der Waals surface area (Å²) in [7, 11) is 0. The van der Waals surface area contributed by atoms with Crippen molar-refractivity contribution in [2.75, 3.05) is 5.32 Å². The summed E-state index contributed by atoms with van der Waals surface area (Å²) < 4.78 is 0.939. The van der Waals surface area contributed by atoms with Gasteiger partial charge in [-0.3, -0.25) is 9.78 Å². The van der Waals surface area contributed by atoms with Crippen LogP contribution < -0.4 is 11.1 Å². The largest absolute Gasteiger partial charge is 0.381 e. The van der Waals surface area contributed by atoms with E-state index in [0.717, 1.165) is 21.3 Å². The van der Waals surface area contributed by atoms with E-state index in [0.29, 0.717) is 12.1 Å². The molecular weight excluding hydrogens is 306 g/mol. The van der Waals surface area contributed by atoms with Crippen molar-refractivity contribution >= 4 is 27.5 Å². The fourth-order valence-corrected chi connectivity index (χ4v) is 2.26. The summed E-state index contributed by atoms with van der Waals surface area (Å²) in [6.07, 6.45) is 3.54. The van der Waals surface area contributed by atoms with Crippen molar-refractivity contribution in [2.24, 2.45) is 5.73 Å². The van der Waals surface area contributed by atoms with Crippen molar-refractivity contribution in [3.05, 3.63) is 57.8 Å². The number of pyridine rings is 1. The molecule has 0 saturated carbocycles. The third-order valence-electron chi connectivity index (χ3n) is 2.84. The molecule has 2 aromatic rings. The minimum Gasteiger partial charge on any atom is -0.381 e. The van der Waals surface area contributed by atoms with E-state index in [1.54, 1.807) is 18.5 Å². The first kappa shape index (κ1) is 13.5. The molecule has 0 bridgehead atoms. The van der Waals surface area contributed by atoms with Crippen LogP contribution >= 0.6 is 15.9 Å². The maximum absolute atomic E-state index is 11.3.